The summed E-state index contributed by atoms with van der Waals surface area (Å²) in [7, 11) is 0. The molecule has 0 aromatic heterocycles. The maximum absolute atomic E-state index is 11.8. The van der Waals surface area contributed by atoms with Crippen molar-refractivity contribution >= 4 is 35.6 Å². The van der Waals surface area contributed by atoms with E-state index >= 15 is 0 Å². The van der Waals surface area contributed by atoms with Gasteiger partial charge in [-0.15, -0.1) is 12.4 Å². The third-order valence-corrected chi connectivity index (χ3v) is 3.33. The summed E-state index contributed by atoms with van der Waals surface area (Å²) in [6.45, 7) is 5.34. The van der Waals surface area contributed by atoms with E-state index in [1.165, 1.54) is 0 Å². The van der Waals surface area contributed by atoms with Crippen molar-refractivity contribution in [2.75, 3.05) is 38.2 Å². The summed E-state index contributed by atoms with van der Waals surface area (Å²) in [5, 5.41) is 3.52. The van der Waals surface area contributed by atoms with Gasteiger partial charge in [-0.2, -0.15) is 0 Å². The summed E-state index contributed by atoms with van der Waals surface area (Å²) in [5.74, 6) is -0.0168. The number of amides is 1. The first-order valence-corrected chi connectivity index (χ1v) is 6.39. The largest absolute Gasteiger partial charge is 0.379 e. The molecule has 1 aromatic rings. The quantitative estimate of drug-likeness (QED) is 0.932. The Morgan fingerprint density at radius 1 is 1.42 bits per heavy atom. The molecule has 0 bridgehead atoms. The highest BCUT2D eigenvalue weighted by Crippen LogP contribution is 2.19. The van der Waals surface area contributed by atoms with Gasteiger partial charge >= 0.3 is 0 Å². The van der Waals surface area contributed by atoms with Crippen molar-refractivity contribution in [3.05, 3.63) is 28.8 Å². The topological polar surface area (TPSA) is 41.6 Å². The maximum Gasteiger partial charge on any atom is 0.238 e. The summed E-state index contributed by atoms with van der Waals surface area (Å²) in [5.41, 5.74) is 1.74. The second kappa shape index (κ2) is 7.70. The van der Waals surface area contributed by atoms with Crippen molar-refractivity contribution in [2.45, 2.75) is 6.92 Å². The fourth-order valence-electron chi connectivity index (χ4n) is 1.83. The lowest BCUT2D eigenvalue weighted by Crippen LogP contribution is -2.41. The molecule has 1 amide bonds. The van der Waals surface area contributed by atoms with Crippen LogP contribution in [0.2, 0.25) is 5.02 Å². The minimum atomic E-state index is -0.0168. The van der Waals surface area contributed by atoms with E-state index < -0.39 is 0 Å². The van der Waals surface area contributed by atoms with E-state index in [0.717, 1.165) is 24.3 Å². The lowest BCUT2D eigenvalue weighted by molar-refractivity contribution is -0.118. The van der Waals surface area contributed by atoms with Gasteiger partial charge in [0.2, 0.25) is 5.91 Å². The van der Waals surface area contributed by atoms with Crippen LogP contribution in [-0.2, 0) is 9.53 Å². The van der Waals surface area contributed by atoms with Crippen LogP contribution in [0.5, 0.6) is 0 Å². The van der Waals surface area contributed by atoms with Crippen LogP contribution in [0.4, 0.5) is 5.69 Å². The Bertz CT molecular complexity index is 435. The number of carbonyl (C=O) groups is 1. The molecule has 1 heterocycles. The number of benzene rings is 1. The molecule has 6 heteroatoms. The summed E-state index contributed by atoms with van der Waals surface area (Å²) in [6.07, 6.45) is 0. The summed E-state index contributed by atoms with van der Waals surface area (Å²) in [6, 6.07) is 5.53. The van der Waals surface area contributed by atoms with Gasteiger partial charge in [-0.05, 0) is 24.6 Å². The molecule has 0 aliphatic carbocycles. The summed E-state index contributed by atoms with van der Waals surface area (Å²) < 4.78 is 5.24. The summed E-state index contributed by atoms with van der Waals surface area (Å²) >= 11 is 6.01. The number of hydrogen-bond acceptors (Lipinski definition) is 3. The Balaban J connectivity index is 0.00000180. The van der Waals surface area contributed by atoms with Gasteiger partial charge in [0.15, 0.2) is 0 Å². The van der Waals surface area contributed by atoms with E-state index in [1.54, 1.807) is 6.07 Å². The van der Waals surface area contributed by atoms with Crippen LogP contribution in [0.3, 0.4) is 0 Å². The zero-order chi connectivity index (χ0) is 13.0. The molecular formula is C13H18Cl2N2O2. The van der Waals surface area contributed by atoms with Crippen LogP contribution in [0, 0.1) is 6.92 Å². The molecule has 0 unspecified atom stereocenters. The van der Waals surface area contributed by atoms with Crippen LogP contribution in [0.25, 0.3) is 0 Å². The minimum absolute atomic E-state index is 0. The van der Waals surface area contributed by atoms with Crippen molar-refractivity contribution in [1.29, 1.82) is 0 Å². The third kappa shape index (κ3) is 4.99. The summed E-state index contributed by atoms with van der Waals surface area (Å²) in [4.78, 5) is 13.9. The lowest BCUT2D eigenvalue weighted by atomic mass is 10.2. The average molecular weight is 305 g/mol. The number of ether oxygens (including phenoxy) is 1. The first kappa shape index (κ1) is 16.2. The van der Waals surface area contributed by atoms with Gasteiger partial charge in [0.05, 0.1) is 19.8 Å². The predicted molar refractivity (Wildman–Crippen MR) is 79.3 cm³/mol. The minimum Gasteiger partial charge on any atom is -0.379 e. The zero-order valence-electron chi connectivity index (χ0n) is 10.8. The fourth-order valence-corrected chi connectivity index (χ4v) is 2.01. The Kier molecular flexibility index (Phi) is 6.58. The first-order valence-electron chi connectivity index (χ1n) is 6.01. The number of rotatable bonds is 3. The number of halogens is 2. The smallest absolute Gasteiger partial charge is 0.238 e. The monoisotopic (exact) mass is 304 g/mol. The number of carbonyl (C=O) groups excluding carboxylic acids is 1. The molecule has 0 radical (unpaired) electrons. The van der Waals surface area contributed by atoms with Gasteiger partial charge in [-0.3, -0.25) is 9.69 Å². The molecular weight excluding hydrogens is 287 g/mol. The van der Waals surface area contributed by atoms with Crippen molar-refractivity contribution in [3.8, 4) is 0 Å². The Hall–Kier alpha value is -0.810. The molecule has 19 heavy (non-hydrogen) atoms. The van der Waals surface area contributed by atoms with Crippen LogP contribution in [0.1, 0.15) is 5.56 Å². The van der Waals surface area contributed by atoms with E-state index in [9.17, 15) is 4.79 Å². The number of hydrogen-bond donors (Lipinski definition) is 1. The van der Waals surface area contributed by atoms with Gasteiger partial charge in [0.1, 0.15) is 0 Å². The number of nitrogens with zero attached hydrogens (tertiary/aromatic N) is 1. The molecule has 1 saturated heterocycles. The highest BCUT2D eigenvalue weighted by Gasteiger charge is 2.14. The van der Waals surface area contributed by atoms with Crippen molar-refractivity contribution in [1.82, 2.24) is 4.90 Å². The second-order valence-electron chi connectivity index (χ2n) is 4.40. The second-order valence-corrected chi connectivity index (χ2v) is 4.81. The number of morpholine rings is 1. The number of aryl methyl sites for hydroxylation is 1. The van der Waals surface area contributed by atoms with Gasteiger partial charge in [0, 0.05) is 23.8 Å². The molecule has 1 aliphatic heterocycles. The Labute approximate surface area is 124 Å². The molecule has 1 aromatic carbocycles. The first-order chi connectivity index (χ1) is 8.65. The van der Waals surface area contributed by atoms with Crippen molar-refractivity contribution in [2.24, 2.45) is 0 Å². The highest BCUT2D eigenvalue weighted by atomic mass is 35.5. The molecule has 1 fully saturated rings. The average Bonchev–Trinajstić information content (AvgIpc) is 2.35. The highest BCUT2D eigenvalue weighted by molar-refractivity contribution is 6.31. The lowest BCUT2D eigenvalue weighted by Gasteiger charge is -2.25. The van der Waals surface area contributed by atoms with Crippen LogP contribution in [-0.4, -0.2) is 43.7 Å². The standard InChI is InChI=1S/C13H17ClN2O2.ClH/c1-10-2-3-11(8-12(10)14)15-13(17)9-16-4-6-18-7-5-16;/h2-3,8H,4-7,9H2,1H3,(H,15,17);1H. The Morgan fingerprint density at radius 2 is 2.11 bits per heavy atom. The molecule has 2 rings (SSSR count). The van der Waals surface area contributed by atoms with E-state index in [1.807, 2.05) is 19.1 Å². The molecule has 106 valence electrons. The van der Waals surface area contributed by atoms with Crippen LogP contribution < -0.4 is 5.32 Å². The van der Waals surface area contributed by atoms with Crippen LogP contribution >= 0.6 is 24.0 Å². The predicted octanol–water partition coefficient (Wildman–Crippen LogP) is 2.34. The SMILES string of the molecule is Cc1ccc(NC(=O)CN2CCOCC2)cc1Cl.Cl. The van der Waals surface area contributed by atoms with Gasteiger partial charge in [-0.1, -0.05) is 17.7 Å². The van der Waals surface area contributed by atoms with Crippen LogP contribution in [0.15, 0.2) is 18.2 Å². The van der Waals surface area contributed by atoms with E-state index in [2.05, 4.69) is 10.2 Å². The molecule has 0 spiro atoms. The van der Waals surface area contributed by atoms with Gasteiger partial charge < -0.3 is 10.1 Å². The molecule has 0 atom stereocenters. The maximum atomic E-state index is 11.8. The molecule has 1 N–H and O–H groups in total. The van der Waals surface area contributed by atoms with E-state index in [4.69, 9.17) is 16.3 Å². The van der Waals surface area contributed by atoms with Gasteiger partial charge in [0.25, 0.3) is 0 Å². The van der Waals surface area contributed by atoms with E-state index in [0.29, 0.717) is 24.8 Å². The van der Waals surface area contributed by atoms with E-state index in [-0.39, 0.29) is 18.3 Å². The van der Waals surface area contributed by atoms with Gasteiger partial charge in [-0.25, -0.2) is 0 Å². The molecule has 0 saturated carbocycles. The van der Waals surface area contributed by atoms with Crippen molar-refractivity contribution in [3.63, 3.8) is 0 Å². The molecule has 4 nitrogen and oxygen atoms in total. The normalized spacial score (nSPS) is 15.7. The van der Waals surface area contributed by atoms with Crippen molar-refractivity contribution < 1.29 is 9.53 Å². The number of anilines is 1. The number of nitrogens with one attached hydrogen (secondary N) is 1. The Morgan fingerprint density at radius 3 is 2.74 bits per heavy atom. The molecule has 1 aliphatic rings. The third-order valence-electron chi connectivity index (χ3n) is 2.93. The zero-order valence-corrected chi connectivity index (χ0v) is 12.4. The fraction of sp³-hybridized carbons (Fsp3) is 0.462.